The van der Waals surface area contributed by atoms with Crippen LogP contribution in [0.4, 0.5) is 5.69 Å². The minimum atomic E-state index is -2.87. The van der Waals surface area contributed by atoms with Crippen LogP contribution in [0.2, 0.25) is 0 Å². The van der Waals surface area contributed by atoms with Crippen LogP contribution >= 0.6 is 15.9 Å². The summed E-state index contributed by atoms with van der Waals surface area (Å²) in [6, 6.07) is 6.29. The third kappa shape index (κ3) is 3.74. The van der Waals surface area contributed by atoms with E-state index >= 15 is 0 Å². The second-order valence-corrected chi connectivity index (χ2v) is 8.31. The predicted octanol–water partition coefficient (Wildman–Crippen LogP) is 2.18. The summed E-state index contributed by atoms with van der Waals surface area (Å²) in [4.78, 5) is 2.17. The molecule has 1 fully saturated rings. The Bertz CT molecular complexity index is 575. The van der Waals surface area contributed by atoms with Gasteiger partial charge in [0.1, 0.15) is 0 Å². The van der Waals surface area contributed by atoms with E-state index in [0.717, 1.165) is 23.2 Å². The van der Waals surface area contributed by atoms with Gasteiger partial charge < -0.3 is 10.2 Å². The van der Waals surface area contributed by atoms with Crippen molar-refractivity contribution < 1.29 is 8.42 Å². The summed E-state index contributed by atoms with van der Waals surface area (Å²) in [5.41, 5.74) is 2.30. The minimum absolute atomic E-state index is 0.0182. The minimum Gasteiger partial charge on any atom is -0.366 e. The molecule has 1 aromatic rings. The second kappa shape index (κ2) is 6.45. The molecule has 112 valence electrons. The van der Waals surface area contributed by atoms with Gasteiger partial charge in [-0.15, -0.1) is 0 Å². The molecule has 1 aliphatic rings. The Kier molecular flexibility index (Phi) is 5.09. The van der Waals surface area contributed by atoms with E-state index in [-0.39, 0.29) is 17.5 Å². The number of hydrogen-bond donors (Lipinski definition) is 1. The highest BCUT2D eigenvalue weighted by atomic mass is 79.9. The normalized spacial score (nSPS) is 21.9. The van der Waals surface area contributed by atoms with Gasteiger partial charge in [0.15, 0.2) is 9.84 Å². The lowest BCUT2D eigenvalue weighted by Gasteiger charge is -2.35. The Hall–Kier alpha value is -0.590. The first-order valence-electron chi connectivity index (χ1n) is 6.89. The average molecular weight is 361 g/mol. The van der Waals surface area contributed by atoms with Gasteiger partial charge in [-0.3, -0.25) is 0 Å². The highest BCUT2D eigenvalue weighted by molar-refractivity contribution is 9.10. The fourth-order valence-electron chi connectivity index (χ4n) is 2.52. The first-order valence-corrected chi connectivity index (χ1v) is 9.50. The van der Waals surface area contributed by atoms with Crippen molar-refractivity contribution in [2.24, 2.45) is 0 Å². The zero-order valence-electron chi connectivity index (χ0n) is 11.9. The molecule has 0 saturated carbocycles. The smallest absolute Gasteiger partial charge is 0.154 e. The van der Waals surface area contributed by atoms with Crippen molar-refractivity contribution in [1.29, 1.82) is 0 Å². The number of hydrogen-bond acceptors (Lipinski definition) is 4. The van der Waals surface area contributed by atoms with Crippen molar-refractivity contribution >= 4 is 31.5 Å². The van der Waals surface area contributed by atoms with Gasteiger partial charge in [-0.1, -0.05) is 13.0 Å². The van der Waals surface area contributed by atoms with Crippen LogP contribution < -0.4 is 10.2 Å². The number of anilines is 1. The van der Waals surface area contributed by atoms with Crippen LogP contribution in [0.3, 0.4) is 0 Å². The SMILES string of the molecule is CCNCc1ccc(N2CCS(=O)(=O)CC2C)c(Br)c1. The Labute approximate surface area is 129 Å². The van der Waals surface area contributed by atoms with E-state index in [2.05, 4.69) is 51.3 Å². The van der Waals surface area contributed by atoms with E-state index in [0.29, 0.717) is 6.54 Å². The van der Waals surface area contributed by atoms with Crippen LogP contribution in [0.15, 0.2) is 22.7 Å². The summed E-state index contributed by atoms with van der Waals surface area (Å²) < 4.78 is 24.3. The fourth-order valence-corrected chi connectivity index (χ4v) is 4.73. The molecule has 1 atom stereocenters. The Morgan fingerprint density at radius 2 is 2.20 bits per heavy atom. The second-order valence-electron chi connectivity index (χ2n) is 5.22. The first-order chi connectivity index (χ1) is 9.43. The van der Waals surface area contributed by atoms with E-state index in [4.69, 9.17) is 0 Å². The molecule has 6 heteroatoms. The average Bonchev–Trinajstić information content (AvgIpc) is 2.37. The number of halogens is 1. The third-order valence-electron chi connectivity index (χ3n) is 3.57. The lowest BCUT2D eigenvalue weighted by Crippen LogP contribution is -2.47. The predicted molar refractivity (Wildman–Crippen MR) is 87.0 cm³/mol. The summed E-state index contributed by atoms with van der Waals surface area (Å²) in [5, 5.41) is 3.30. The number of nitrogens with one attached hydrogen (secondary N) is 1. The molecule has 2 rings (SSSR count). The molecule has 0 aliphatic carbocycles. The molecule has 0 radical (unpaired) electrons. The monoisotopic (exact) mass is 360 g/mol. The van der Waals surface area contributed by atoms with Crippen molar-refractivity contribution in [3.63, 3.8) is 0 Å². The van der Waals surface area contributed by atoms with E-state index in [1.807, 2.05) is 6.92 Å². The van der Waals surface area contributed by atoms with Crippen molar-refractivity contribution in [2.75, 3.05) is 29.5 Å². The molecule has 0 bridgehead atoms. The Balaban J connectivity index is 2.17. The largest absolute Gasteiger partial charge is 0.366 e. The lowest BCUT2D eigenvalue weighted by atomic mass is 10.1. The van der Waals surface area contributed by atoms with Gasteiger partial charge in [-0.2, -0.15) is 0 Å². The molecule has 1 aromatic carbocycles. The number of nitrogens with zero attached hydrogens (tertiary/aromatic N) is 1. The van der Waals surface area contributed by atoms with Gasteiger partial charge in [0.05, 0.1) is 17.2 Å². The summed E-state index contributed by atoms with van der Waals surface area (Å²) >= 11 is 3.61. The molecule has 4 nitrogen and oxygen atoms in total. The fraction of sp³-hybridized carbons (Fsp3) is 0.571. The van der Waals surface area contributed by atoms with Crippen LogP contribution in [0.1, 0.15) is 19.4 Å². The van der Waals surface area contributed by atoms with Crippen LogP contribution in [-0.2, 0) is 16.4 Å². The van der Waals surface area contributed by atoms with Gasteiger partial charge in [-0.05, 0) is 47.1 Å². The molecular weight excluding hydrogens is 340 g/mol. The molecule has 1 heterocycles. The van der Waals surface area contributed by atoms with Crippen molar-refractivity contribution in [2.45, 2.75) is 26.4 Å². The number of benzene rings is 1. The summed E-state index contributed by atoms with van der Waals surface area (Å²) in [6.45, 7) is 6.41. The molecule has 0 spiro atoms. The zero-order chi connectivity index (χ0) is 14.8. The summed E-state index contributed by atoms with van der Waals surface area (Å²) in [6.07, 6.45) is 0. The molecule has 1 unspecified atom stereocenters. The van der Waals surface area contributed by atoms with Crippen molar-refractivity contribution in [1.82, 2.24) is 5.32 Å². The van der Waals surface area contributed by atoms with Crippen LogP contribution in [0, 0.1) is 0 Å². The highest BCUT2D eigenvalue weighted by Crippen LogP contribution is 2.30. The molecule has 1 aliphatic heterocycles. The van der Waals surface area contributed by atoms with E-state index < -0.39 is 9.84 Å². The van der Waals surface area contributed by atoms with Crippen LogP contribution in [-0.4, -0.2) is 39.1 Å². The molecule has 0 amide bonds. The lowest BCUT2D eigenvalue weighted by molar-refractivity contribution is 0.568. The maximum Gasteiger partial charge on any atom is 0.154 e. The van der Waals surface area contributed by atoms with Crippen LogP contribution in [0.5, 0.6) is 0 Å². The van der Waals surface area contributed by atoms with E-state index in [1.54, 1.807) is 0 Å². The molecule has 20 heavy (non-hydrogen) atoms. The molecule has 0 aromatic heterocycles. The van der Waals surface area contributed by atoms with Gasteiger partial charge in [0.25, 0.3) is 0 Å². The quantitative estimate of drug-likeness (QED) is 0.893. The maximum absolute atomic E-state index is 11.6. The van der Waals surface area contributed by atoms with Gasteiger partial charge in [0, 0.05) is 23.6 Å². The zero-order valence-corrected chi connectivity index (χ0v) is 14.3. The Morgan fingerprint density at radius 1 is 1.45 bits per heavy atom. The Morgan fingerprint density at radius 3 is 2.80 bits per heavy atom. The van der Waals surface area contributed by atoms with E-state index in [1.165, 1.54) is 5.56 Å². The highest BCUT2D eigenvalue weighted by Gasteiger charge is 2.29. The van der Waals surface area contributed by atoms with Crippen LogP contribution in [0.25, 0.3) is 0 Å². The summed E-state index contributed by atoms with van der Waals surface area (Å²) in [5.74, 6) is 0.474. The van der Waals surface area contributed by atoms with E-state index in [9.17, 15) is 8.42 Å². The van der Waals surface area contributed by atoms with Crippen molar-refractivity contribution in [3.05, 3.63) is 28.2 Å². The topological polar surface area (TPSA) is 49.4 Å². The molecule has 1 saturated heterocycles. The number of rotatable bonds is 4. The third-order valence-corrected chi connectivity index (χ3v) is 6.00. The first kappa shape index (κ1) is 15.8. The van der Waals surface area contributed by atoms with Gasteiger partial charge in [0.2, 0.25) is 0 Å². The van der Waals surface area contributed by atoms with Gasteiger partial charge in [-0.25, -0.2) is 8.42 Å². The summed E-state index contributed by atoms with van der Waals surface area (Å²) in [7, 11) is -2.87. The number of sulfone groups is 1. The van der Waals surface area contributed by atoms with Gasteiger partial charge >= 0.3 is 0 Å². The molecule has 1 N–H and O–H groups in total. The standard InChI is InChI=1S/C14H21BrN2O2S/c1-3-16-9-12-4-5-14(13(15)8-12)17-6-7-20(18,19)10-11(17)2/h4-5,8,11,16H,3,6-7,9-10H2,1-2H3. The molecular formula is C14H21BrN2O2S. The van der Waals surface area contributed by atoms with Crippen molar-refractivity contribution in [3.8, 4) is 0 Å². The maximum atomic E-state index is 11.6.